The van der Waals surface area contributed by atoms with Crippen molar-refractivity contribution in [1.29, 1.82) is 0 Å². The van der Waals surface area contributed by atoms with Gasteiger partial charge in [0.25, 0.3) is 0 Å². The second kappa shape index (κ2) is 6.85. The summed E-state index contributed by atoms with van der Waals surface area (Å²) >= 11 is 0. The number of rotatable bonds is 3. The molecule has 0 spiro atoms. The first-order valence-corrected chi connectivity index (χ1v) is 9.06. The number of aliphatic carboxylic acids is 1. The Labute approximate surface area is 160 Å². The highest BCUT2D eigenvalue weighted by molar-refractivity contribution is 6.02. The van der Waals surface area contributed by atoms with Crippen LogP contribution in [0.2, 0.25) is 0 Å². The van der Waals surface area contributed by atoms with Crippen molar-refractivity contribution in [2.24, 2.45) is 0 Å². The van der Waals surface area contributed by atoms with Crippen LogP contribution < -0.4 is 4.74 Å². The SMILES string of the molecule is CC1=[N+](C)CCc2c1[nH]c1cc(O[C@@H]3OC(C(=O)O)[C@@H](O)C(O)C3O)ccc21. The zero-order chi connectivity index (χ0) is 20.2. The average Bonchev–Trinajstić information content (AvgIpc) is 3.03. The fraction of sp³-hybridized carbons (Fsp3) is 0.474. The van der Waals surface area contributed by atoms with Crippen molar-refractivity contribution in [3.05, 3.63) is 29.5 Å². The zero-order valence-corrected chi connectivity index (χ0v) is 15.5. The van der Waals surface area contributed by atoms with Crippen molar-refractivity contribution in [3.8, 4) is 5.75 Å². The maximum atomic E-state index is 11.2. The van der Waals surface area contributed by atoms with E-state index in [0.717, 1.165) is 35.3 Å². The molecule has 5 N–H and O–H groups in total. The van der Waals surface area contributed by atoms with E-state index in [1.165, 1.54) is 5.56 Å². The minimum absolute atomic E-state index is 0.342. The fourth-order valence-corrected chi connectivity index (χ4v) is 3.80. The molecule has 28 heavy (non-hydrogen) atoms. The Kier molecular flexibility index (Phi) is 4.62. The van der Waals surface area contributed by atoms with E-state index in [9.17, 15) is 20.1 Å². The number of nitrogens with one attached hydrogen (secondary N) is 1. The number of aromatic nitrogens is 1. The molecule has 0 radical (unpaired) electrons. The van der Waals surface area contributed by atoms with Gasteiger partial charge in [-0.3, -0.25) is 0 Å². The molecule has 4 rings (SSSR count). The predicted molar refractivity (Wildman–Crippen MR) is 97.8 cm³/mol. The third-order valence-corrected chi connectivity index (χ3v) is 5.57. The van der Waals surface area contributed by atoms with Crippen molar-refractivity contribution >= 4 is 22.6 Å². The summed E-state index contributed by atoms with van der Waals surface area (Å²) in [5.41, 5.74) is 4.29. The topological polar surface area (TPSA) is 135 Å². The fourth-order valence-electron chi connectivity index (χ4n) is 3.80. The van der Waals surface area contributed by atoms with Crippen molar-refractivity contribution < 1.29 is 39.3 Å². The van der Waals surface area contributed by atoms with Gasteiger partial charge in [-0.15, -0.1) is 0 Å². The van der Waals surface area contributed by atoms with Crippen molar-refractivity contribution in [3.63, 3.8) is 0 Å². The highest BCUT2D eigenvalue weighted by atomic mass is 16.7. The summed E-state index contributed by atoms with van der Waals surface area (Å²) in [5.74, 6) is -1.11. The van der Waals surface area contributed by atoms with Gasteiger partial charge in [-0.05, 0) is 17.7 Å². The first-order valence-electron chi connectivity index (χ1n) is 9.06. The zero-order valence-electron chi connectivity index (χ0n) is 15.5. The van der Waals surface area contributed by atoms with Crippen LogP contribution in [0.5, 0.6) is 5.75 Å². The number of carboxylic acid groups (broad SMARTS) is 1. The second-order valence-corrected chi connectivity index (χ2v) is 7.30. The quantitative estimate of drug-likeness (QED) is 0.443. The summed E-state index contributed by atoms with van der Waals surface area (Å²) in [5, 5.41) is 40.0. The molecule has 2 aromatic rings. The van der Waals surface area contributed by atoms with Gasteiger partial charge >= 0.3 is 5.97 Å². The number of aliphatic hydroxyl groups excluding tert-OH is 3. The van der Waals surface area contributed by atoms with Crippen LogP contribution in [-0.4, -0.2) is 86.0 Å². The van der Waals surface area contributed by atoms with E-state index in [1.807, 2.05) is 13.1 Å². The molecule has 3 unspecified atom stereocenters. The normalized spacial score (nSPS) is 30.4. The van der Waals surface area contributed by atoms with Gasteiger partial charge in [-0.1, -0.05) is 0 Å². The molecule has 1 aromatic heterocycles. The number of carboxylic acids is 1. The van der Waals surface area contributed by atoms with Gasteiger partial charge < -0.3 is 34.9 Å². The van der Waals surface area contributed by atoms with Crippen LogP contribution in [-0.2, 0) is 16.0 Å². The summed E-state index contributed by atoms with van der Waals surface area (Å²) < 4.78 is 13.0. The third kappa shape index (κ3) is 2.96. The number of nitrogens with zero attached hydrogens (tertiary/aromatic N) is 1. The third-order valence-electron chi connectivity index (χ3n) is 5.57. The van der Waals surface area contributed by atoms with E-state index in [0.29, 0.717) is 5.75 Å². The van der Waals surface area contributed by atoms with Crippen molar-refractivity contribution in [2.45, 2.75) is 44.1 Å². The molecule has 1 saturated heterocycles. The number of aliphatic hydroxyl groups is 3. The highest BCUT2D eigenvalue weighted by Crippen LogP contribution is 2.30. The molecule has 5 atom stereocenters. The number of carbonyl (C=O) groups is 1. The summed E-state index contributed by atoms with van der Waals surface area (Å²) in [6, 6.07) is 5.34. The molecule has 0 bridgehead atoms. The molecule has 0 saturated carbocycles. The Morgan fingerprint density at radius 2 is 2.00 bits per heavy atom. The van der Waals surface area contributed by atoms with Crippen LogP contribution in [0.4, 0.5) is 0 Å². The molecule has 0 aliphatic carbocycles. The summed E-state index contributed by atoms with van der Waals surface area (Å²) in [6.45, 7) is 2.98. The molecule has 9 nitrogen and oxygen atoms in total. The Morgan fingerprint density at radius 3 is 2.71 bits per heavy atom. The number of fused-ring (bicyclic) bond motifs is 3. The van der Waals surface area contributed by atoms with E-state index < -0.39 is 36.7 Å². The lowest BCUT2D eigenvalue weighted by Gasteiger charge is -2.38. The molecule has 1 fully saturated rings. The maximum Gasteiger partial charge on any atom is 0.335 e. The highest BCUT2D eigenvalue weighted by Gasteiger charge is 2.48. The van der Waals surface area contributed by atoms with Gasteiger partial charge in [0.1, 0.15) is 43.3 Å². The Balaban J connectivity index is 1.62. The smallest absolute Gasteiger partial charge is 0.335 e. The number of H-pyrrole nitrogens is 1. The molecule has 1 aromatic carbocycles. The number of hydrogen-bond donors (Lipinski definition) is 5. The van der Waals surface area contributed by atoms with E-state index in [-0.39, 0.29) is 0 Å². The molecular formula is C19H23N2O7+. The standard InChI is InChI=1S/C19H22N2O7/c1-8-13-11(5-6-21(8)2)10-4-3-9(7-12(10)20-13)27-19-16(24)14(22)15(23)17(28-19)18(25)26/h3-4,7,14-17,19,22-24H,5-6H2,1-2H3,(H,25,26)/p+1/t14?,15-,16?,17?,19+/m0/s1. The lowest BCUT2D eigenvalue weighted by atomic mass is 9.99. The summed E-state index contributed by atoms with van der Waals surface area (Å²) in [6.07, 6.45) is -7.26. The largest absolute Gasteiger partial charge is 0.479 e. The van der Waals surface area contributed by atoms with Gasteiger partial charge in [0, 0.05) is 24.8 Å². The van der Waals surface area contributed by atoms with Gasteiger partial charge in [0.05, 0.1) is 5.52 Å². The van der Waals surface area contributed by atoms with Crippen LogP contribution >= 0.6 is 0 Å². The van der Waals surface area contributed by atoms with Crippen LogP contribution in [0.3, 0.4) is 0 Å². The molecule has 3 heterocycles. The lowest BCUT2D eigenvalue weighted by Crippen LogP contribution is -2.61. The van der Waals surface area contributed by atoms with E-state index in [1.54, 1.807) is 12.1 Å². The molecule has 9 heteroatoms. The molecular weight excluding hydrogens is 368 g/mol. The average molecular weight is 391 g/mol. The Hall–Kier alpha value is -2.46. The predicted octanol–water partition coefficient (Wildman–Crippen LogP) is -0.554. The van der Waals surface area contributed by atoms with E-state index in [4.69, 9.17) is 14.6 Å². The van der Waals surface area contributed by atoms with Crippen LogP contribution in [0, 0.1) is 0 Å². The molecule has 2 aliphatic rings. The second-order valence-electron chi connectivity index (χ2n) is 7.30. The minimum atomic E-state index is -1.75. The van der Waals surface area contributed by atoms with Crippen molar-refractivity contribution in [1.82, 2.24) is 4.98 Å². The minimum Gasteiger partial charge on any atom is -0.479 e. The van der Waals surface area contributed by atoms with Crippen LogP contribution in [0.15, 0.2) is 18.2 Å². The van der Waals surface area contributed by atoms with Gasteiger partial charge in [0.2, 0.25) is 6.29 Å². The van der Waals surface area contributed by atoms with Crippen LogP contribution in [0.25, 0.3) is 10.9 Å². The molecule has 2 aliphatic heterocycles. The number of likely N-dealkylation sites (N-methyl/N-ethyl adjacent to an activating group) is 1. The van der Waals surface area contributed by atoms with E-state index in [2.05, 4.69) is 16.5 Å². The molecule has 150 valence electrons. The maximum absolute atomic E-state index is 11.2. The Bertz CT molecular complexity index is 967. The summed E-state index contributed by atoms with van der Waals surface area (Å²) in [7, 11) is 2.04. The monoisotopic (exact) mass is 391 g/mol. The van der Waals surface area contributed by atoms with Gasteiger partial charge in [0.15, 0.2) is 11.8 Å². The first-order chi connectivity index (χ1) is 13.3. The number of hydrogen-bond acceptors (Lipinski definition) is 6. The van der Waals surface area contributed by atoms with Gasteiger partial charge in [-0.25, -0.2) is 9.37 Å². The Morgan fingerprint density at radius 1 is 1.25 bits per heavy atom. The first kappa shape index (κ1) is 18.9. The number of ether oxygens (including phenoxy) is 2. The summed E-state index contributed by atoms with van der Waals surface area (Å²) in [4.78, 5) is 14.6. The van der Waals surface area contributed by atoms with Gasteiger partial charge in [-0.2, -0.15) is 0 Å². The van der Waals surface area contributed by atoms with Crippen LogP contribution in [0.1, 0.15) is 18.2 Å². The lowest BCUT2D eigenvalue weighted by molar-refractivity contribution is -0.498. The van der Waals surface area contributed by atoms with E-state index >= 15 is 0 Å². The number of benzene rings is 1. The molecule has 0 amide bonds. The number of aromatic amines is 1. The van der Waals surface area contributed by atoms with Crippen molar-refractivity contribution in [2.75, 3.05) is 13.6 Å².